The molecule has 0 amide bonds. The molecule has 0 aliphatic carbocycles. The highest BCUT2D eigenvalue weighted by atomic mass is 16.5. The van der Waals surface area contributed by atoms with Crippen molar-refractivity contribution < 1.29 is 20.1 Å². The number of nitrogens with one attached hydrogen (secondary N) is 1. The topological polar surface area (TPSA) is 85.2 Å². The second kappa shape index (κ2) is 12.8. The van der Waals surface area contributed by atoms with Crippen LogP contribution in [0.5, 0.6) is 0 Å². The van der Waals surface area contributed by atoms with Crippen LogP contribution in [0.25, 0.3) is 0 Å². The van der Waals surface area contributed by atoms with Crippen LogP contribution in [0.4, 0.5) is 0 Å². The van der Waals surface area contributed by atoms with E-state index in [-0.39, 0.29) is 19.8 Å². The Morgan fingerprint density at radius 3 is 1.94 bits per heavy atom. The highest BCUT2D eigenvalue weighted by Crippen LogP contribution is 1.94. The van der Waals surface area contributed by atoms with E-state index in [2.05, 4.69) is 10.2 Å². The lowest BCUT2D eigenvalue weighted by Crippen LogP contribution is -2.37. The molecule has 0 aromatic carbocycles. The van der Waals surface area contributed by atoms with Crippen LogP contribution in [0.15, 0.2) is 0 Å². The minimum atomic E-state index is 0.139. The molecule has 0 aromatic rings. The van der Waals surface area contributed by atoms with Crippen molar-refractivity contribution in [2.24, 2.45) is 0 Å². The summed E-state index contributed by atoms with van der Waals surface area (Å²) in [5.41, 5.74) is 0. The zero-order chi connectivity index (χ0) is 12.1. The third-order valence-corrected chi connectivity index (χ3v) is 2.10. The zero-order valence-corrected chi connectivity index (χ0v) is 9.77. The lowest BCUT2D eigenvalue weighted by molar-refractivity contribution is 0.0306. The van der Waals surface area contributed by atoms with E-state index >= 15 is 0 Å². The molecule has 6 nitrogen and oxygen atoms in total. The molecule has 6 heteroatoms. The van der Waals surface area contributed by atoms with Crippen molar-refractivity contribution in [3.8, 4) is 0 Å². The summed E-state index contributed by atoms with van der Waals surface area (Å²) in [6, 6.07) is 0. The van der Waals surface area contributed by atoms with Gasteiger partial charge in [-0.15, -0.1) is 0 Å². The maximum Gasteiger partial charge on any atom is 0.0594 e. The molecule has 1 aliphatic heterocycles. The number of ether oxygens (including phenoxy) is 1. The number of aliphatic hydroxyl groups excluding tert-OH is 3. The summed E-state index contributed by atoms with van der Waals surface area (Å²) in [6.45, 7) is 6.06. The van der Waals surface area contributed by atoms with Gasteiger partial charge in [-0.25, -0.2) is 0 Å². The molecule has 1 rings (SSSR count). The van der Waals surface area contributed by atoms with E-state index in [1.54, 1.807) is 0 Å². The first-order valence-corrected chi connectivity index (χ1v) is 5.68. The van der Waals surface area contributed by atoms with Crippen LogP contribution in [-0.4, -0.2) is 86.0 Å². The van der Waals surface area contributed by atoms with Gasteiger partial charge in [0.1, 0.15) is 0 Å². The normalized spacial score (nSPS) is 16.7. The van der Waals surface area contributed by atoms with Crippen molar-refractivity contribution in [1.29, 1.82) is 0 Å². The Morgan fingerprint density at radius 1 is 0.938 bits per heavy atom. The standard InChI is InChI=1S/C6H13NO2.C4H11NO2/c8-4-1-7-2-5-9-6-3-7;6-3-1-5-2-4-7/h8H,1-6H2;5-7H,1-4H2. The van der Waals surface area contributed by atoms with Gasteiger partial charge in [0.15, 0.2) is 0 Å². The second-order valence-electron chi connectivity index (χ2n) is 3.37. The van der Waals surface area contributed by atoms with Gasteiger partial charge in [0.2, 0.25) is 0 Å². The highest BCUT2D eigenvalue weighted by Gasteiger charge is 2.07. The first kappa shape index (κ1) is 15.8. The largest absolute Gasteiger partial charge is 0.395 e. The summed E-state index contributed by atoms with van der Waals surface area (Å²) in [5.74, 6) is 0. The summed E-state index contributed by atoms with van der Waals surface area (Å²) in [4.78, 5) is 2.20. The first-order valence-electron chi connectivity index (χ1n) is 5.68. The number of rotatable bonds is 6. The Hall–Kier alpha value is -0.240. The molecule has 16 heavy (non-hydrogen) atoms. The molecule has 0 aromatic heterocycles. The van der Waals surface area contributed by atoms with E-state index in [1.165, 1.54) is 0 Å². The zero-order valence-electron chi connectivity index (χ0n) is 9.77. The van der Waals surface area contributed by atoms with Gasteiger partial charge in [-0.05, 0) is 0 Å². The number of aliphatic hydroxyl groups is 3. The van der Waals surface area contributed by atoms with Crippen molar-refractivity contribution in [3.63, 3.8) is 0 Å². The van der Waals surface area contributed by atoms with Crippen LogP contribution >= 0.6 is 0 Å². The SMILES string of the molecule is OCCN1CCOCC1.OCCNCCO. The Balaban J connectivity index is 0.000000293. The molecule has 1 fully saturated rings. The fourth-order valence-electron chi connectivity index (χ4n) is 1.25. The molecule has 4 N–H and O–H groups in total. The van der Waals surface area contributed by atoms with Gasteiger partial charge in [0.05, 0.1) is 33.0 Å². The molecule has 0 radical (unpaired) electrons. The van der Waals surface area contributed by atoms with Crippen LogP contribution in [-0.2, 0) is 4.74 Å². The average molecular weight is 236 g/mol. The highest BCUT2D eigenvalue weighted by molar-refractivity contribution is 4.59. The van der Waals surface area contributed by atoms with Crippen molar-refractivity contribution in [2.75, 3.05) is 65.8 Å². The van der Waals surface area contributed by atoms with Gasteiger partial charge in [-0.1, -0.05) is 0 Å². The van der Waals surface area contributed by atoms with Crippen LogP contribution in [0, 0.1) is 0 Å². The molecular weight excluding hydrogens is 212 g/mol. The van der Waals surface area contributed by atoms with Gasteiger partial charge < -0.3 is 25.4 Å². The molecule has 0 spiro atoms. The van der Waals surface area contributed by atoms with Crippen molar-refractivity contribution in [1.82, 2.24) is 10.2 Å². The van der Waals surface area contributed by atoms with E-state index in [4.69, 9.17) is 20.1 Å². The number of nitrogens with zero attached hydrogens (tertiary/aromatic N) is 1. The Bertz CT molecular complexity index is 125. The fraction of sp³-hybridized carbons (Fsp3) is 1.00. The van der Waals surface area contributed by atoms with Crippen molar-refractivity contribution in [2.45, 2.75) is 0 Å². The third kappa shape index (κ3) is 10.3. The molecule has 1 heterocycles. The van der Waals surface area contributed by atoms with Crippen LogP contribution in [0.1, 0.15) is 0 Å². The maximum atomic E-state index is 8.54. The molecule has 1 saturated heterocycles. The molecule has 0 atom stereocenters. The number of hydrogen-bond donors (Lipinski definition) is 4. The molecule has 0 bridgehead atoms. The van der Waals surface area contributed by atoms with Crippen LogP contribution < -0.4 is 5.32 Å². The number of hydrogen-bond acceptors (Lipinski definition) is 6. The molecule has 98 valence electrons. The molecule has 0 saturated carbocycles. The summed E-state index contributed by atoms with van der Waals surface area (Å²) in [6.07, 6.45) is 0. The predicted molar refractivity (Wildman–Crippen MR) is 61.4 cm³/mol. The quantitative estimate of drug-likeness (QED) is 0.394. The van der Waals surface area contributed by atoms with Gasteiger partial charge >= 0.3 is 0 Å². The van der Waals surface area contributed by atoms with E-state index in [0.717, 1.165) is 32.8 Å². The third-order valence-electron chi connectivity index (χ3n) is 2.10. The lowest BCUT2D eigenvalue weighted by Gasteiger charge is -2.25. The second-order valence-corrected chi connectivity index (χ2v) is 3.37. The number of β-amino-alcohol motifs (C(OH)–C–C–N with tert-alkyl or cyclic N) is 1. The smallest absolute Gasteiger partial charge is 0.0594 e. The van der Waals surface area contributed by atoms with Gasteiger partial charge in [0.25, 0.3) is 0 Å². The minimum Gasteiger partial charge on any atom is -0.395 e. The van der Waals surface area contributed by atoms with E-state index in [9.17, 15) is 0 Å². The van der Waals surface area contributed by atoms with E-state index in [1.807, 2.05) is 0 Å². The van der Waals surface area contributed by atoms with Crippen molar-refractivity contribution >= 4 is 0 Å². The monoisotopic (exact) mass is 236 g/mol. The summed E-state index contributed by atoms with van der Waals surface area (Å²) in [7, 11) is 0. The lowest BCUT2D eigenvalue weighted by atomic mass is 10.4. The van der Waals surface area contributed by atoms with E-state index in [0.29, 0.717) is 13.1 Å². The Kier molecular flexibility index (Phi) is 12.6. The first-order chi connectivity index (χ1) is 7.85. The minimum absolute atomic E-state index is 0.139. The summed E-state index contributed by atoms with van der Waals surface area (Å²) < 4.78 is 5.12. The van der Waals surface area contributed by atoms with Crippen molar-refractivity contribution in [3.05, 3.63) is 0 Å². The summed E-state index contributed by atoms with van der Waals surface area (Å²) >= 11 is 0. The van der Waals surface area contributed by atoms with Crippen LogP contribution in [0.2, 0.25) is 0 Å². The average Bonchev–Trinajstić information content (AvgIpc) is 2.32. The van der Waals surface area contributed by atoms with E-state index < -0.39 is 0 Å². The maximum absolute atomic E-state index is 8.54. The predicted octanol–water partition coefficient (Wildman–Crippen LogP) is -2.13. The molecular formula is C10H24N2O4. The van der Waals surface area contributed by atoms with Gasteiger partial charge in [-0.2, -0.15) is 0 Å². The summed E-state index contributed by atoms with van der Waals surface area (Å²) in [5, 5.41) is 27.6. The van der Waals surface area contributed by atoms with Gasteiger partial charge in [0, 0.05) is 32.7 Å². The Labute approximate surface area is 96.8 Å². The van der Waals surface area contributed by atoms with Gasteiger partial charge in [-0.3, -0.25) is 4.90 Å². The number of morpholine rings is 1. The van der Waals surface area contributed by atoms with Crippen LogP contribution in [0.3, 0.4) is 0 Å². The molecule has 0 unspecified atom stereocenters. The molecule has 1 aliphatic rings. The fourth-order valence-corrected chi connectivity index (χ4v) is 1.25. The Morgan fingerprint density at radius 2 is 1.50 bits per heavy atom.